The van der Waals surface area contributed by atoms with Crippen LogP contribution in [0.3, 0.4) is 0 Å². The summed E-state index contributed by atoms with van der Waals surface area (Å²) in [6, 6.07) is 7.29. The van der Waals surface area contributed by atoms with Gasteiger partial charge in [-0.15, -0.1) is 11.3 Å². The lowest BCUT2D eigenvalue weighted by atomic mass is 10.3. The van der Waals surface area contributed by atoms with Gasteiger partial charge in [-0.1, -0.05) is 12.1 Å². The van der Waals surface area contributed by atoms with E-state index in [1.165, 1.54) is 24.2 Å². The number of carbonyl (C=O) groups excluding carboxylic acids is 1. The third-order valence-electron chi connectivity index (χ3n) is 4.12. The van der Waals surface area contributed by atoms with Gasteiger partial charge in [-0.2, -0.15) is 0 Å². The van der Waals surface area contributed by atoms with E-state index in [1.807, 2.05) is 23.6 Å². The van der Waals surface area contributed by atoms with Crippen molar-refractivity contribution in [3.05, 3.63) is 45.9 Å². The van der Waals surface area contributed by atoms with Gasteiger partial charge in [0.05, 0.1) is 11.2 Å². The molecule has 1 aromatic carbocycles. The summed E-state index contributed by atoms with van der Waals surface area (Å²) in [6.45, 7) is 0.453. The Kier molecular flexibility index (Phi) is 3.93. The second kappa shape index (κ2) is 6.24. The molecule has 0 aliphatic heterocycles. The Labute approximate surface area is 142 Å². The van der Waals surface area contributed by atoms with Crippen LogP contribution < -0.4 is 11.1 Å². The van der Waals surface area contributed by atoms with E-state index >= 15 is 0 Å². The van der Waals surface area contributed by atoms with Crippen LogP contribution in [0.2, 0.25) is 0 Å². The van der Waals surface area contributed by atoms with E-state index in [4.69, 9.17) is 4.42 Å². The molecule has 7 heteroatoms. The number of hydrogen-bond donors (Lipinski definition) is 1. The van der Waals surface area contributed by atoms with E-state index in [1.54, 1.807) is 10.6 Å². The predicted octanol–water partition coefficient (Wildman–Crippen LogP) is 3.35. The molecule has 24 heavy (non-hydrogen) atoms. The molecular weight excluding hydrogens is 326 g/mol. The fraction of sp³-hybridized carbons (Fsp3) is 0.353. The van der Waals surface area contributed by atoms with Gasteiger partial charge in [-0.3, -0.25) is 9.36 Å². The maximum atomic E-state index is 12.0. The number of oxazole rings is 1. The first-order chi connectivity index (χ1) is 11.7. The Morgan fingerprint density at radius 1 is 1.38 bits per heavy atom. The maximum absolute atomic E-state index is 12.0. The van der Waals surface area contributed by atoms with Gasteiger partial charge in [0.2, 0.25) is 5.91 Å². The first-order valence-corrected chi connectivity index (χ1v) is 8.92. The predicted molar refractivity (Wildman–Crippen MR) is 92.4 cm³/mol. The smallest absolute Gasteiger partial charge is 0.408 e. The standard InChI is InChI=1S/C17H17N3O3S/c21-15(19-16-18-12(10-24-16)11-7-8-11)6-3-9-20-13-4-1-2-5-14(13)23-17(20)22/h1-2,4-5,10-11H,3,6-9H2,(H,18,19,21). The molecule has 3 aromatic rings. The second-order valence-electron chi connectivity index (χ2n) is 5.99. The van der Waals surface area contributed by atoms with Crippen molar-refractivity contribution in [1.82, 2.24) is 9.55 Å². The van der Waals surface area contributed by atoms with Crippen LogP contribution in [0.1, 0.15) is 37.3 Å². The molecule has 4 rings (SSSR count). The molecule has 2 heterocycles. The van der Waals surface area contributed by atoms with Crippen molar-refractivity contribution in [3.63, 3.8) is 0 Å². The number of nitrogens with zero attached hydrogens (tertiary/aromatic N) is 2. The van der Waals surface area contributed by atoms with Crippen molar-refractivity contribution < 1.29 is 9.21 Å². The number of aryl methyl sites for hydroxylation is 1. The van der Waals surface area contributed by atoms with Crippen molar-refractivity contribution >= 4 is 33.5 Å². The Balaban J connectivity index is 1.33. The number of fused-ring (bicyclic) bond motifs is 1. The van der Waals surface area contributed by atoms with Crippen molar-refractivity contribution in [2.75, 3.05) is 5.32 Å². The van der Waals surface area contributed by atoms with Gasteiger partial charge in [0.1, 0.15) is 0 Å². The van der Waals surface area contributed by atoms with Gasteiger partial charge in [0.15, 0.2) is 10.7 Å². The van der Waals surface area contributed by atoms with Crippen molar-refractivity contribution in [3.8, 4) is 0 Å². The van der Waals surface area contributed by atoms with Crippen LogP contribution >= 0.6 is 11.3 Å². The Morgan fingerprint density at radius 3 is 3.04 bits per heavy atom. The molecule has 1 aliphatic carbocycles. The molecular formula is C17H17N3O3S. The highest BCUT2D eigenvalue weighted by Gasteiger charge is 2.26. The zero-order valence-electron chi connectivity index (χ0n) is 13.0. The number of aromatic nitrogens is 2. The number of amides is 1. The lowest BCUT2D eigenvalue weighted by Gasteiger charge is -2.03. The fourth-order valence-electron chi connectivity index (χ4n) is 2.72. The number of rotatable bonds is 6. The number of anilines is 1. The fourth-order valence-corrected chi connectivity index (χ4v) is 3.52. The number of para-hydroxylation sites is 2. The Morgan fingerprint density at radius 2 is 2.21 bits per heavy atom. The summed E-state index contributed by atoms with van der Waals surface area (Å²) in [4.78, 5) is 28.3. The average molecular weight is 343 g/mol. The van der Waals surface area contributed by atoms with Crippen LogP contribution in [0.4, 0.5) is 5.13 Å². The lowest BCUT2D eigenvalue weighted by molar-refractivity contribution is -0.116. The molecule has 0 spiro atoms. The van der Waals surface area contributed by atoms with Gasteiger partial charge in [0.25, 0.3) is 0 Å². The van der Waals surface area contributed by atoms with Gasteiger partial charge in [-0.05, 0) is 31.4 Å². The summed E-state index contributed by atoms with van der Waals surface area (Å²) in [7, 11) is 0. The number of thiazole rings is 1. The molecule has 0 bridgehead atoms. The Hall–Kier alpha value is -2.41. The van der Waals surface area contributed by atoms with E-state index < -0.39 is 0 Å². The minimum absolute atomic E-state index is 0.0763. The molecule has 2 aromatic heterocycles. The summed E-state index contributed by atoms with van der Waals surface area (Å²) < 4.78 is 6.75. The summed E-state index contributed by atoms with van der Waals surface area (Å²) in [5.74, 6) is 0.131. The molecule has 0 radical (unpaired) electrons. The quantitative estimate of drug-likeness (QED) is 0.744. The van der Waals surface area contributed by atoms with Crippen molar-refractivity contribution in [1.29, 1.82) is 0 Å². The van der Waals surface area contributed by atoms with Crippen LogP contribution in [0.15, 0.2) is 38.9 Å². The minimum Gasteiger partial charge on any atom is -0.408 e. The van der Waals surface area contributed by atoms with E-state index in [0.29, 0.717) is 36.0 Å². The van der Waals surface area contributed by atoms with Crippen molar-refractivity contribution in [2.24, 2.45) is 0 Å². The highest BCUT2D eigenvalue weighted by Crippen LogP contribution is 2.40. The van der Waals surface area contributed by atoms with E-state index in [9.17, 15) is 9.59 Å². The van der Waals surface area contributed by atoms with Gasteiger partial charge < -0.3 is 9.73 Å². The van der Waals surface area contributed by atoms with E-state index in [0.717, 1.165) is 11.2 Å². The Bertz CT molecular complexity index is 936. The highest BCUT2D eigenvalue weighted by atomic mass is 32.1. The van der Waals surface area contributed by atoms with Crippen LogP contribution in [0.25, 0.3) is 11.1 Å². The van der Waals surface area contributed by atoms with Crippen LogP contribution in [-0.2, 0) is 11.3 Å². The average Bonchev–Trinajstić information content (AvgIpc) is 3.24. The highest BCUT2D eigenvalue weighted by molar-refractivity contribution is 7.13. The lowest BCUT2D eigenvalue weighted by Crippen LogP contribution is -2.17. The molecule has 124 valence electrons. The second-order valence-corrected chi connectivity index (χ2v) is 6.85. The minimum atomic E-state index is -0.384. The van der Waals surface area contributed by atoms with Gasteiger partial charge in [0, 0.05) is 24.3 Å². The largest absolute Gasteiger partial charge is 0.419 e. The topological polar surface area (TPSA) is 77.1 Å². The van der Waals surface area contributed by atoms with Crippen LogP contribution in [0.5, 0.6) is 0 Å². The van der Waals surface area contributed by atoms with Gasteiger partial charge >= 0.3 is 5.76 Å². The third kappa shape index (κ3) is 3.12. The molecule has 6 nitrogen and oxygen atoms in total. The number of carbonyl (C=O) groups is 1. The zero-order chi connectivity index (χ0) is 16.5. The SMILES string of the molecule is O=C(CCCn1c(=O)oc2ccccc21)Nc1nc(C2CC2)cs1. The number of hydrogen-bond acceptors (Lipinski definition) is 5. The molecule has 0 atom stereocenters. The summed E-state index contributed by atoms with van der Waals surface area (Å²) in [6.07, 6.45) is 3.30. The summed E-state index contributed by atoms with van der Waals surface area (Å²) in [5.41, 5.74) is 2.42. The van der Waals surface area contributed by atoms with Gasteiger partial charge in [-0.25, -0.2) is 9.78 Å². The van der Waals surface area contributed by atoms with Crippen LogP contribution in [0, 0.1) is 0 Å². The zero-order valence-corrected chi connectivity index (χ0v) is 13.8. The number of benzene rings is 1. The van der Waals surface area contributed by atoms with E-state index in [2.05, 4.69) is 10.3 Å². The van der Waals surface area contributed by atoms with Crippen molar-refractivity contribution in [2.45, 2.75) is 38.1 Å². The van der Waals surface area contributed by atoms with Crippen LogP contribution in [-0.4, -0.2) is 15.5 Å². The first-order valence-electron chi connectivity index (χ1n) is 8.04. The summed E-state index contributed by atoms with van der Waals surface area (Å²) >= 11 is 1.47. The molecule has 0 unspecified atom stereocenters. The first kappa shape index (κ1) is 15.1. The molecule has 1 amide bonds. The summed E-state index contributed by atoms with van der Waals surface area (Å²) in [5, 5.41) is 5.51. The number of nitrogens with one attached hydrogen (secondary N) is 1. The molecule has 0 saturated heterocycles. The molecule has 1 aliphatic rings. The third-order valence-corrected chi connectivity index (χ3v) is 4.90. The molecule has 1 saturated carbocycles. The monoisotopic (exact) mass is 343 g/mol. The van der Waals surface area contributed by atoms with E-state index in [-0.39, 0.29) is 11.7 Å². The molecule has 1 fully saturated rings. The normalized spacial score (nSPS) is 14.2. The maximum Gasteiger partial charge on any atom is 0.419 e. The molecule has 1 N–H and O–H groups in total.